The van der Waals surface area contributed by atoms with Gasteiger partial charge in [-0.3, -0.25) is 0 Å². The van der Waals surface area contributed by atoms with E-state index < -0.39 is 39.5 Å². The van der Waals surface area contributed by atoms with Crippen molar-refractivity contribution in [3.05, 3.63) is 35.9 Å². The summed E-state index contributed by atoms with van der Waals surface area (Å²) in [4.78, 5) is 0. The Bertz CT molecular complexity index is 720. The van der Waals surface area contributed by atoms with Gasteiger partial charge in [-0.1, -0.05) is 43.1 Å². The zero-order chi connectivity index (χ0) is 16.7. The van der Waals surface area contributed by atoms with Gasteiger partial charge in [-0.05, 0) is 3.12 Å². The maximum atomic E-state index is 13.8. The molecular weight excluding hydrogens is 372 g/mol. The predicted octanol–water partition coefficient (Wildman–Crippen LogP) is 1.41. The van der Waals surface area contributed by atoms with Crippen LogP contribution in [0.3, 0.4) is 0 Å². The molecule has 0 radical (unpaired) electrons. The van der Waals surface area contributed by atoms with Crippen LogP contribution in [0.5, 0.6) is 0 Å². The molecule has 0 spiro atoms. The van der Waals surface area contributed by atoms with Crippen molar-refractivity contribution >= 4 is 51.7 Å². The average molecular weight is 379 g/mol. The average Bonchev–Trinajstić information content (AvgIpc) is 2.37. The zero-order valence-corrected chi connectivity index (χ0v) is 12.1. The zero-order valence-electron chi connectivity index (χ0n) is 9.62. The van der Waals surface area contributed by atoms with E-state index in [-0.39, 0.29) is 18.9 Å². The minimum absolute atomic E-state index is 0. The molecule has 0 aliphatic carbocycles. The third kappa shape index (κ3) is 3.60. The van der Waals surface area contributed by atoms with Gasteiger partial charge in [0.05, 0.1) is 0 Å². The second kappa shape index (κ2) is 6.66. The molecule has 0 heterocycles. The van der Waals surface area contributed by atoms with Crippen molar-refractivity contribution < 1.29 is 38.8 Å². The first-order valence-electron chi connectivity index (χ1n) is 4.75. The van der Waals surface area contributed by atoms with Gasteiger partial charge in [0.1, 0.15) is 0 Å². The molecule has 0 unspecified atom stereocenters. The number of sulfonamides is 2. The third-order valence-electron chi connectivity index (χ3n) is 2.14. The minimum atomic E-state index is -6.60. The normalized spacial score (nSPS) is 13.8. The molecule has 0 N–H and O–H groups in total. The van der Waals surface area contributed by atoms with Crippen molar-refractivity contribution in [3.8, 4) is 0 Å². The summed E-state index contributed by atoms with van der Waals surface area (Å²) in [7, 11) is -12.9. The number of hydrogen-bond acceptors (Lipinski definition) is 5. The van der Waals surface area contributed by atoms with Crippen molar-refractivity contribution in [1.82, 2.24) is 3.12 Å². The van der Waals surface area contributed by atoms with E-state index in [0.29, 0.717) is 12.1 Å². The quantitative estimate of drug-likeness (QED) is 0.488. The van der Waals surface area contributed by atoms with Crippen LogP contribution in [0.1, 0.15) is 5.56 Å². The van der Waals surface area contributed by atoms with Gasteiger partial charge in [0.15, 0.2) is 0 Å². The Morgan fingerprint density at radius 1 is 0.864 bits per heavy atom. The second-order valence-electron chi connectivity index (χ2n) is 3.52. The molecule has 1 aromatic rings. The van der Waals surface area contributed by atoms with Crippen LogP contribution in [0.25, 0.3) is 0 Å². The van der Waals surface area contributed by atoms with Crippen molar-refractivity contribution in [1.29, 1.82) is 0 Å². The van der Waals surface area contributed by atoms with Crippen LogP contribution >= 0.6 is 12.8 Å². The standard InChI is InChI=1S/C8H6F5NO4S3.Li.H/c9-7(10,6-4-2-1-3-5-6)20(15,16)14(19)21(17,18)8(11,12)13;;/h1-5,19H;;. The number of benzene rings is 1. The van der Waals surface area contributed by atoms with E-state index in [1.165, 1.54) is 6.07 Å². The van der Waals surface area contributed by atoms with E-state index >= 15 is 0 Å². The first kappa shape index (κ1) is 21.7. The number of nitrogens with zero attached hydrogens (tertiary/aromatic N) is 1. The molecule has 1 aromatic carbocycles. The van der Waals surface area contributed by atoms with Crippen molar-refractivity contribution in [2.75, 3.05) is 0 Å². The Balaban J connectivity index is 0.00000441. The summed E-state index contributed by atoms with van der Waals surface area (Å²) >= 11 is 2.59. The van der Waals surface area contributed by atoms with Crippen molar-refractivity contribution in [2.24, 2.45) is 0 Å². The van der Waals surface area contributed by atoms with Crippen LogP contribution in [-0.4, -0.2) is 44.3 Å². The monoisotopic (exact) mass is 379 g/mol. The molecule has 0 atom stereocenters. The summed E-state index contributed by atoms with van der Waals surface area (Å²) in [6, 6.07) is 4.47. The fraction of sp³-hybridized carbons (Fsp3) is 0.250. The Labute approximate surface area is 140 Å². The van der Waals surface area contributed by atoms with E-state index in [2.05, 4.69) is 12.8 Å². The summed E-state index contributed by atoms with van der Waals surface area (Å²) in [6.45, 7) is 0. The fourth-order valence-electron chi connectivity index (χ4n) is 1.10. The van der Waals surface area contributed by atoms with E-state index in [9.17, 15) is 38.8 Å². The second-order valence-corrected chi connectivity index (χ2v) is 8.30. The molecular formula is C8H7F5LiNO4S3. The third-order valence-corrected chi connectivity index (χ3v) is 6.90. The first-order chi connectivity index (χ1) is 9.26. The first-order valence-corrected chi connectivity index (χ1v) is 8.03. The number of halogens is 5. The molecule has 122 valence electrons. The van der Waals surface area contributed by atoms with Gasteiger partial charge in [-0.15, -0.1) is 0 Å². The maximum absolute atomic E-state index is 13.8. The molecule has 0 saturated heterocycles. The summed E-state index contributed by atoms with van der Waals surface area (Å²) < 4.78 is 107. The predicted molar refractivity (Wildman–Crippen MR) is 72.2 cm³/mol. The molecule has 0 fully saturated rings. The molecule has 0 aliphatic heterocycles. The van der Waals surface area contributed by atoms with Crippen LogP contribution in [0.2, 0.25) is 0 Å². The Kier molecular flexibility index (Phi) is 6.56. The Morgan fingerprint density at radius 2 is 1.27 bits per heavy atom. The van der Waals surface area contributed by atoms with Crippen LogP contribution < -0.4 is 0 Å². The van der Waals surface area contributed by atoms with Crippen LogP contribution in [0.4, 0.5) is 22.0 Å². The summed E-state index contributed by atoms with van der Waals surface area (Å²) in [6.07, 6.45) is 0. The molecule has 14 heteroatoms. The molecule has 5 nitrogen and oxygen atoms in total. The van der Waals surface area contributed by atoms with Gasteiger partial charge in [-0.2, -0.15) is 22.0 Å². The molecule has 0 aromatic heterocycles. The van der Waals surface area contributed by atoms with E-state index in [1.54, 1.807) is 0 Å². The Hall–Kier alpha value is -0.323. The van der Waals surface area contributed by atoms with Gasteiger partial charge in [0.2, 0.25) is 0 Å². The van der Waals surface area contributed by atoms with Crippen molar-refractivity contribution in [2.45, 2.75) is 10.8 Å². The molecule has 0 saturated carbocycles. The topological polar surface area (TPSA) is 71.5 Å². The van der Waals surface area contributed by atoms with Gasteiger partial charge >= 0.3 is 49.7 Å². The summed E-state index contributed by atoms with van der Waals surface area (Å²) in [5.74, 6) is 0. The number of alkyl halides is 5. The van der Waals surface area contributed by atoms with Crippen LogP contribution in [0.15, 0.2) is 30.3 Å². The van der Waals surface area contributed by atoms with Gasteiger partial charge in [0.25, 0.3) is 0 Å². The van der Waals surface area contributed by atoms with Crippen LogP contribution in [-0.2, 0) is 25.3 Å². The van der Waals surface area contributed by atoms with Crippen molar-refractivity contribution in [3.63, 3.8) is 0 Å². The summed E-state index contributed by atoms with van der Waals surface area (Å²) in [5.41, 5.74) is -7.31. The van der Waals surface area contributed by atoms with E-state index in [1.807, 2.05) is 0 Å². The molecule has 0 amide bonds. The van der Waals surface area contributed by atoms with Gasteiger partial charge < -0.3 is 0 Å². The van der Waals surface area contributed by atoms with Gasteiger partial charge in [-0.25, -0.2) is 16.8 Å². The Morgan fingerprint density at radius 3 is 1.64 bits per heavy atom. The summed E-state index contributed by atoms with van der Waals surface area (Å²) in [5, 5.41) is -4.92. The number of hydrogen-bond donors (Lipinski definition) is 1. The molecule has 0 aliphatic rings. The fourth-order valence-corrected chi connectivity index (χ4v) is 4.06. The molecule has 0 bridgehead atoms. The number of rotatable bonds is 4. The van der Waals surface area contributed by atoms with Gasteiger partial charge in [0, 0.05) is 5.56 Å². The molecule has 22 heavy (non-hydrogen) atoms. The van der Waals surface area contributed by atoms with Crippen LogP contribution in [0, 0.1) is 0 Å². The van der Waals surface area contributed by atoms with E-state index in [4.69, 9.17) is 0 Å². The molecule has 1 rings (SSSR count). The number of thiol groups is 1. The van der Waals surface area contributed by atoms with E-state index in [0.717, 1.165) is 12.1 Å². The SMILES string of the molecule is O=S(=O)(N(S)S(=O)(=O)C(F)(F)c1ccccc1)C(F)(F)F.[LiH].